The van der Waals surface area contributed by atoms with Crippen LogP contribution in [0.5, 0.6) is 0 Å². The zero-order chi connectivity index (χ0) is 24.0. The van der Waals surface area contributed by atoms with Gasteiger partial charge in [0.15, 0.2) is 0 Å². The number of primary amides is 1. The molecule has 170 valence electrons. The van der Waals surface area contributed by atoms with Crippen molar-refractivity contribution in [3.63, 3.8) is 0 Å². The maximum atomic E-state index is 14.0. The molecule has 8 nitrogen and oxygen atoms in total. The van der Waals surface area contributed by atoms with E-state index in [9.17, 15) is 17.6 Å². The third kappa shape index (κ3) is 4.35. The summed E-state index contributed by atoms with van der Waals surface area (Å²) in [6.07, 6.45) is 2.26. The Hall–Kier alpha value is -3.63. The van der Waals surface area contributed by atoms with E-state index in [4.69, 9.17) is 5.73 Å². The fourth-order valence-corrected chi connectivity index (χ4v) is 4.96. The number of amides is 1. The summed E-state index contributed by atoms with van der Waals surface area (Å²) in [5, 5.41) is 0.231. The highest BCUT2D eigenvalue weighted by Gasteiger charge is 2.27. The van der Waals surface area contributed by atoms with Gasteiger partial charge in [-0.3, -0.25) is 14.3 Å². The van der Waals surface area contributed by atoms with Gasteiger partial charge in [0.25, 0.3) is 5.91 Å². The number of carbonyl (C=O) groups excluding carboxylic acids is 1. The minimum atomic E-state index is -3.81. The van der Waals surface area contributed by atoms with Crippen molar-refractivity contribution >= 4 is 27.0 Å². The molecule has 3 heterocycles. The Bertz CT molecular complexity index is 1460. The van der Waals surface area contributed by atoms with Crippen molar-refractivity contribution in [2.75, 3.05) is 0 Å². The van der Waals surface area contributed by atoms with E-state index in [-0.39, 0.29) is 27.2 Å². The van der Waals surface area contributed by atoms with E-state index >= 15 is 0 Å². The predicted octanol–water partition coefficient (Wildman–Crippen LogP) is 3.40. The van der Waals surface area contributed by atoms with E-state index < -0.39 is 27.3 Å². The maximum absolute atomic E-state index is 14.0. The van der Waals surface area contributed by atoms with Crippen LogP contribution in [0.1, 0.15) is 31.1 Å². The highest BCUT2D eigenvalue weighted by Crippen LogP contribution is 2.35. The van der Waals surface area contributed by atoms with Crippen LogP contribution in [-0.4, -0.2) is 34.4 Å². The van der Waals surface area contributed by atoms with Gasteiger partial charge < -0.3 is 5.73 Å². The molecule has 0 unspecified atom stereocenters. The van der Waals surface area contributed by atoms with Gasteiger partial charge in [-0.25, -0.2) is 22.5 Å². The Kier molecular flexibility index (Phi) is 5.51. The second-order valence-electron chi connectivity index (χ2n) is 8.52. The average Bonchev–Trinajstić information content (AvgIpc) is 3.07. The molecule has 0 bridgehead atoms. The number of nitrogens with zero attached hydrogens (tertiary/aromatic N) is 3. The van der Waals surface area contributed by atoms with Gasteiger partial charge in [0, 0.05) is 22.8 Å². The van der Waals surface area contributed by atoms with E-state index in [1.165, 1.54) is 24.4 Å². The number of pyridine rings is 2. The molecule has 0 saturated heterocycles. The normalized spacial score (nSPS) is 12.2. The molecule has 0 spiro atoms. The zero-order valence-electron chi connectivity index (χ0n) is 18.2. The van der Waals surface area contributed by atoms with Crippen LogP contribution in [0.2, 0.25) is 0 Å². The summed E-state index contributed by atoms with van der Waals surface area (Å²) in [5.41, 5.74) is 6.59. The summed E-state index contributed by atoms with van der Waals surface area (Å²) >= 11 is 0. The fraction of sp³-hybridized carbons (Fsp3) is 0.174. The number of fused-ring (bicyclic) bond motifs is 1. The first-order valence-electron chi connectivity index (χ1n) is 10.0. The Balaban J connectivity index is 1.98. The van der Waals surface area contributed by atoms with Gasteiger partial charge in [0.2, 0.25) is 10.0 Å². The molecule has 0 saturated carbocycles. The average molecular weight is 468 g/mol. The molecule has 1 amide bonds. The van der Waals surface area contributed by atoms with Gasteiger partial charge in [-0.05, 0) is 51.1 Å². The van der Waals surface area contributed by atoms with Crippen molar-refractivity contribution in [3.8, 4) is 17.1 Å². The summed E-state index contributed by atoms with van der Waals surface area (Å²) in [5.74, 6) is -1.41. The number of nitrogens with one attached hydrogen (secondary N) is 1. The van der Waals surface area contributed by atoms with Gasteiger partial charge in [0.05, 0.1) is 23.1 Å². The molecule has 0 atom stereocenters. The van der Waals surface area contributed by atoms with E-state index in [1.807, 2.05) is 6.07 Å². The van der Waals surface area contributed by atoms with Crippen LogP contribution in [0.15, 0.2) is 65.8 Å². The number of nitrogens with two attached hydrogens (primary N) is 1. The van der Waals surface area contributed by atoms with E-state index in [1.54, 1.807) is 49.6 Å². The molecule has 4 rings (SSSR count). The van der Waals surface area contributed by atoms with Crippen LogP contribution in [0, 0.1) is 5.82 Å². The largest absolute Gasteiger partial charge is 0.366 e. The molecule has 0 radical (unpaired) electrons. The summed E-state index contributed by atoms with van der Waals surface area (Å²) < 4.78 is 43.6. The summed E-state index contributed by atoms with van der Waals surface area (Å²) in [6, 6.07) is 13.1. The van der Waals surface area contributed by atoms with Crippen LogP contribution < -0.4 is 10.5 Å². The molecule has 0 aliphatic heterocycles. The Morgan fingerprint density at radius 1 is 1.06 bits per heavy atom. The van der Waals surface area contributed by atoms with Crippen molar-refractivity contribution in [2.45, 2.75) is 31.2 Å². The second kappa shape index (κ2) is 8.05. The third-order valence-corrected chi connectivity index (χ3v) is 6.51. The van der Waals surface area contributed by atoms with Crippen LogP contribution in [0.25, 0.3) is 28.1 Å². The molecular weight excluding hydrogens is 445 g/mol. The lowest BCUT2D eigenvalue weighted by Gasteiger charge is -2.20. The van der Waals surface area contributed by atoms with Crippen molar-refractivity contribution in [3.05, 3.63) is 72.3 Å². The van der Waals surface area contributed by atoms with Gasteiger partial charge in [0.1, 0.15) is 16.4 Å². The van der Waals surface area contributed by atoms with Gasteiger partial charge in [-0.1, -0.05) is 18.2 Å². The molecular formula is C23H22FN5O3S. The number of para-hydroxylation sites is 1. The summed E-state index contributed by atoms with van der Waals surface area (Å²) in [6.45, 7) is 5.20. The van der Waals surface area contributed by atoms with E-state index in [2.05, 4.69) is 14.7 Å². The number of hydrogen-bond donors (Lipinski definition) is 2. The van der Waals surface area contributed by atoms with Crippen LogP contribution >= 0.6 is 0 Å². The van der Waals surface area contributed by atoms with Crippen molar-refractivity contribution < 1.29 is 17.6 Å². The van der Waals surface area contributed by atoms with Crippen molar-refractivity contribution in [1.82, 2.24) is 19.3 Å². The first-order chi connectivity index (χ1) is 15.5. The standard InChI is InChI=1S/C23H22FN5O3S/c1-23(2,3)28-33(31,32)16-9-10-18(26-13-16)20-19(21(25)30)17-11-14(24)12-27-22(17)29(20)15-7-5-4-6-8-15/h4-13,28H,1-3H3,(H2,25,30). The van der Waals surface area contributed by atoms with Crippen LogP contribution in [0.4, 0.5) is 4.39 Å². The Morgan fingerprint density at radius 3 is 2.33 bits per heavy atom. The monoisotopic (exact) mass is 467 g/mol. The van der Waals surface area contributed by atoms with Crippen LogP contribution in [-0.2, 0) is 10.0 Å². The van der Waals surface area contributed by atoms with Gasteiger partial charge in [-0.2, -0.15) is 0 Å². The molecule has 1 aromatic carbocycles. The molecule has 3 aromatic heterocycles. The lowest BCUT2D eigenvalue weighted by Crippen LogP contribution is -2.40. The molecule has 3 N–H and O–H groups in total. The number of hydrogen-bond acceptors (Lipinski definition) is 5. The molecule has 33 heavy (non-hydrogen) atoms. The van der Waals surface area contributed by atoms with Crippen molar-refractivity contribution in [2.24, 2.45) is 5.73 Å². The number of aromatic nitrogens is 3. The minimum Gasteiger partial charge on any atom is -0.366 e. The summed E-state index contributed by atoms with van der Waals surface area (Å²) in [4.78, 5) is 21.0. The van der Waals surface area contributed by atoms with E-state index in [0.717, 1.165) is 6.20 Å². The number of carbonyl (C=O) groups is 1. The maximum Gasteiger partial charge on any atom is 0.251 e. The number of benzene rings is 1. The summed E-state index contributed by atoms with van der Waals surface area (Å²) in [7, 11) is -3.81. The van der Waals surface area contributed by atoms with Gasteiger partial charge in [-0.15, -0.1) is 0 Å². The molecule has 0 fully saturated rings. The predicted molar refractivity (Wildman–Crippen MR) is 123 cm³/mol. The highest BCUT2D eigenvalue weighted by molar-refractivity contribution is 7.89. The quantitative estimate of drug-likeness (QED) is 0.466. The molecule has 0 aliphatic carbocycles. The molecule has 0 aliphatic rings. The van der Waals surface area contributed by atoms with Crippen molar-refractivity contribution in [1.29, 1.82) is 0 Å². The lowest BCUT2D eigenvalue weighted by molar-refractivity contribution is 0.100. The minimum absolute atomic E-state index is 0.0339. The Labute approximate surface area is 190 Å². The smallest absolute Gasteiger partial charge is 0.251 e. The topological polar surface area (TPSA) is 120 Å². The first-order valence-corrected chi connectivity index (χ1v) is 11.5. The number of rotatable bonds is 5. The fourth-order valence-electron chi connectivity index (χ4n) is 3.60. The van der Waals surface area contributed by atoms with E-state index in [0.29, 0.717) is 11.3 Å². The van der Waals surface area contributed by atoms with Gasteiger partial charge >= 0.3 is 0 Å². The number of sulfonamides is 1. The molecule has 4 aromatic rings. The first kappa shape index (κ1) is 22.6. The Morgan fingerprint density at radius 2 is 1.76 bits per heavy atom. The third-order valence-electron chi connectivity index (χ3n) is 4.77. The lowest BCUT2D eigenvalue weighted by atomic mass is 10.1. The zero-order valence-corrected chi connectivity index (χ0v) is 19.0. The molecule has 10 heteroatoms. The SMILES string of the molecule is CC(C)(C)NS(=O)(=O)c1ccc(-c2c(C(N)=O)c3cc(F)cnc3n2-c2ccccc2)nc1. The number of halogens is 1. The van der Waals surface area contributed by atoms with Crippen LogP contribution in [0.3, 0.4) is 0 Å². The second-order valence-corrected chi connectivity index (χ2v) is 10.2. The highest BCUT2D eigenvalue weighted by atomic mass is 32.2.